The maximum atomic E-state index is 13.2. The third kappa shape index (κ3) is 3.97. The molecule has 4 aliphatic carbocycles. The van der Waals surface area contributed by atoms with Crippen molar-refractivity contribution in [2.75, 3.05) is 13.2 Å². The number of ether oxygens (including phenoxy) is 2. The first-order valence-corrected chi connectivity index (χ1v) is 12.8. The van der Waals surface area contributed by atoms with Crippen molar-refractivity contribution in [2.45, 2.75) is 90.3 Å². The highest BCUT2D eigenvalue weighted by Crippen LogP contribution is 2.69. The number of carbonyl (C=O) groups excluding carboxylic acids is 2. The van der Waals surface area contributed by atoms with Crippen LogP contribution in [0.5, 0.6) is 0 Å². The molecule has 0 amide bonds. The number of ketones is 2. The van der Waals surface area contributed by atoms with Crippen LogP contribution < -0.4 is 0 Å². The van der Waals surface area contributed by atoms with Gasteiger partial charge in [-0.05, 0) is 63.0 Å². The van der Waals surface area contributed by atoms with Gasteiger partial charge in [0.25, 0.3) is 0 Å². The first kappa shape index (κ1) is 28.2. The van der Waals surface area contributed by atoms with Gasteiger partial charge in [-0.15, -0.1) is 0 Å². The third-order valence-electron chi connectivity index (χ3n) is 9.37. The van der Waals surface area contributed by atoms with E-state index in [9.17, 15) is 19.8 Å². The second kappa shape index (κ2) is 10.1. The molecule has 1 heterocycles. The molecule has 35 heavy (non-hydrogen) atoms. The zero-order valence-corrected chi connectivity index (χ0v) is 21.3. The second-order valence-corrected chi connectivity index (χ2v) is 11.0. The number of aliphatic hydroxyl groups excluding tert-OH is 3. The summed E-state index contributed by atoms with van der Waals surface area (Å²) in [6, 6.07) is 0. The largest absolute Gasteiger partial charge is 0.412 e. The molecule has 8 nitrogen and oxygen atoms in total. The molecule has 198 valence electrons. The van der Waals surface area contributed by atoms with Gasteiger partial charge in [0.15, 0.2) is 23.5 Å². The second-order valence-electron chi connectivity index (χ2n) is 11.0. The Kier molecular flexibility index (Phi) is 8.16. The van der Waals surface area contributed by atoms with Crippen LogP contribution in [0.4, 0.5) is 0 Å². The minimum absolute atomic E-state index is 0. The predicted octanol–water partition coefficient (Wildman–Crippen LogP) is 1.89. The highest BCUT2D eigenvalue weighted by atomic mass is 16.7. The standard InChI is InChI=1S/C25H34O6.C2H6O.H2O/c1-4-5-21-30-20-11-17-16-7-6-14-10-15(27)8-9-23(14,2)22(16)18(28)12-24(17,3)25(20,31-21)19(29)13-26;1-2-3;/h8-10,16-18,20-22,26,28H,4-7,11-13H2,1-3H3;3H,2H2,1H3;1H2/t16-,17-,18-,20+,21?,22+,23-,24-,25+;;/m0../s1. The van der Waals surface area contributed by atoms with Crippen molar-refractivity contribution in [3.8, 4) is 0 Å². The average molecular weight is 495 g/mol. The van der Waals surface area contributed by atoms with Crippen molar-refractivity contribution in [2.24, 2.45) is 28.6 Å². The summed E-state index contributed by atoms with van der Waals surface area (Å²) in [6.45, 7) is 7.60. The summed E-state index contributed by atoms with van der Waals surface area (Å²) in [4.78, 5) is 25.2. The fourth-order valence-corrected chi connectivity index (χ4v) is 8.12. The van der Waals surface area contributed by atoms with Gasteiger partial charge in [0.1, 0.15) is 6.61 Å². The molecule has 1 unspecified atom stereocenters. The van der Waals surface area contributed by atoms with Crippen LogP contribution in [0.25, 0.3) is 0 Å². The van der Waals surface area contributed by atoms with Crippen LogP contribution >= 0.6 is 0 Å². The van der Waals surface area contributed by atoms with E-state index in [1.807, 2.05) is 6.08 Å². The van der Waals surface area contributed by atoms with Gasteiger partial charge in [-0.25, -0.2) is 0 Å². The van der Waals surface area contributed by atoms with E-state index in [0.717, 1.165) is 24.8 Å². The molecule has 0 radical (unpaired) electrons. The highest BCUT2D eigenvalue weighted by Gasteiger charge is 2.75. The fourth-order valence-electron chi connectivity index (χ4n) is 8.12. The van der Waals surface area contributed by atoms with Crippen molar-refractivity contribution in [1.82, 2.24) is 0 Å². The van der Waals surface area contributed by atoms with Crippen molar-refractivity contribution in [3.63, 3.8) is 0 Å². The normalized spacial score (nSPS) is 45.1. The Balaban J connectivity index is 0.000000815. The maximum absolute atomic E-state index is 13.2. The van der Waals surface area contributed by atoms with E-state index in [4.69, 9.17) is 14.6 Å². The molecule has 0 aromatic rings. The Bertz CT molecular complexity index is 882. The van der Waals surface area contributed by atoms with Gasteiger partial charge in [-0.1, -0.05) is 38.8 Å². The molecule has 8 heteroatoms. The summed E-state index contributed by atoms with van der Waals surface area (Å²) >= 11 is 0. The summed E-state index contributed by atoms with van der Waals surface area (Å²) in [5, 5.41) is 29.0. The SMILES string of the molecule is CCCC1O[C@@H]2C[C@H]3[C@@H]4CCC5=CC(=O)C=C[C@]5(C)[C@H]4[C@@H](O)C[C@]3(C)[C@]2(C(=O)CO)O1.CCO.O. The monoisotopic (exact) mass is 494 g/mol. The lowest BCUT2D eigenvalue weighted by Crippen LogP contribution is -2.63. The first-order valence-electron chi connectivity index (χ1n) is 12.8. The van der Waals surface area contributed by atoms with E-state index in [2.05, 4.69) is 20.8 Å². The molecule has 9 atom stereocenters. The van der Waals surface area contributed by atoms with E-state index < -0.39 is 36.1 Å². The number of allylic oxidation sites excluding steroid dienone is 4. The Morgan fingerprint density at radius 3 is 2.54 bits per heavy atom. The van der Waals surface area contributed by atoms with Gasteiger partial charge >= 0.3 is 0 Å². The van der Waals surface area contributed by atoms with Crippen LogP contribution in [-0.2, 0) is 19.1 Å². The number of carbonyl (C=O) groups is 2. The van der Waals surface area contributed by atoms with Gasteiger partial charge < -0.3 is 30.3 Å². The van der Waals surface area contributed by atoms with Gasteiger partial charge in [-0.3, -0.25) is 9.59 Å². The summed E-state index contributed by atoms with van der Waals surface area (Å²) in [5.41, 5.74) is -1.05. The topological polar surface area (TPSA) is 145 Å². The zero-order valence-electron chi connectivity index (χ0n) is 21.3. The zero-order chi connectivity index (χ0) is 24.9. The summed E-state index contributed by atoms with van der Waals surface area (Å²) < 4.78 is 12.7. The lowest BCUT2D eigenvalue weighted by Gasteiger charge is -2.59. The van der Waals surface area contributed by atoms with E-state index in [1.165, 1.54) is 0 Å². The minimum atomic E-state index is -1.20. The lowest BCUT2D eigenvalue weighted by molar-refractivity contribution is -0.200. The van der Waals surface area contributed by atoms with Gasteiger partial charge in [0.05, 0.1) is 12.2 Å². The van der Waals surface area contributed by atoms with E-state index in [-0.39, 0.29) is 46.8 Å². The molecule has 5 aliphatic rings. The summed E-state index contributed by atoms with van der Waals surface area (Å²) in [5.74, 6) is 0.0274. The van der Waals surface area contributed by atoms with Gasteiger partial charge in [-0.2, -0.15) is 0 Å². The quantitative estimate of drug-likeness (QED) is 0.541. The van der Waals surface area contributed by atoms with Gasteiger partial charge in [0, 0.05) is 23.4 Å². The van der Waals surface area contributed by atoms with Crippen LogP contribution in [0.3, 0.4) is 0 Å². The van der Waals surface area contributed by atoms with Crippen LogP contribution in [0, 0.1) is 28.6 Å². The highest BCUT2D eigenvalue weighted by molar-refractivity contribution is 6.01. The molecule has 1 saturated heterocycles. The average Bonchev–Trinajstić information content (AvgIpc) is 3.26. The summed E-state index contributed by atoms with van der Waals surface area (Å²) in [7, 11) is 0. The first-order chi connectivity index (χ1) is 16.1. The minimum Gasteiger partial charge on any atom is -0.412 e. The summed E-state index contributed by atoms with van der Waals surface area (Å²) in [6.07, 6.45) is 8.31. The number of hydrogen-bond acceptors (Lipinski definition) is 7. The molecular weight excluding hydrogens is 452 g/mol. The Morgan fingerprint density at radius 2 is 1.91 bits per heavy atom. The number of fused-ring (bicyclic) bond motifs is 7. The molecule has 0 aromatic heterocycles. The Labute approximate surface area is 207 Å². The number of hydrogen-bond donors (Lipinski definition) is 3. The van der Waals surface area contributed by atoms with Crippen LogP contribution in [0.2, 0.25) is 0 Å². The Morgan fingerprint density at radius 1 is 1.23 bits per heavy atom. The fraction of sp³-hybridized carbons (Fsp3) is 0.778. The molecule has 0 spiro atoms. The smallest absolute Gasteiger partial charge is 0.193 e. The number of aliphatic hydroxyl groups is 3. The van der Waals surface area contributed by atoms with Crippen LogP contribution in [-0.4, -0.2) is 69.7 Å². The molecule has 5 rings (SSSR count). The van der Waals surface area contributed by atoms with Crippen molar-refractivity contribution >= 4 is 11.6 Å². The Hall–Kier alpha value is -1.42. The third-order valence-corrected chi connectivity index (χ3v) is 9.37. The van der Waals surface area contributed by atoms with E-state index in [1.54, 1.807) is 19.1 Å². The molecule has 0 aromatic carbocycles. The van der Waals surface area contributed by atoms with E-state index in [0.29, 0.717) is 19.3 Å². The molecule has 3 saturated carbocycles. The van der Waals surface area contributed by atoms with Crippen molar-refractivity contribution in [1.29, 1.82) is 0 Å². The molecular formula is C27H42O8. The predicted molar refractivity (Wildman–Crippen MR) is 129 cm³/mol. The number of Topliss-reactive ketones (excluding diaryl/α,β-unsaturated/α-hetero) is 1. The lowest BCUT2D eigenvalue weighted by atomic mass is 9.46. The maximum Gasteiger partial charge on any atom is 0.193 e. The van der Waals surface area contributed by atoms with Crippen molar-refractivity contribution in [3.05, 3.63) is 23.8 Å². The molecule has 1 aliphatic heterocycles. The molecule has 5 N–H and O–H groups in total. The van der Waals surface area contributed by atoms with Crippen LogP contribution in [0.1, 0.15) is 66.2 Å². The van der Waals surface area contributed by atoms with Crippen LogP contribution in [0.15, 0.2) is 23.8 Å². The number of rotatable bonds is 4. The van der Waals surface area contributed by atoms with E-state index >= 15 is 0 Å². The van der Waals surface area contributed by atoms with Gasteiger partial charge in [0.2, 0.25) is 0 Å². The van der Waals surface area contributed by atoms with Crippen molar-refractivity contribution < 1.29 is 39.9 Å². The molecule has 0 bridgehead atoms. The molecule has 4 fully saturated rings.